The third-order valence-corrected chi connectivity index (χ3v) is 6.73. The van der Waals surface area contributed by atoms with Gasteiger partial charge in [-0.15, -0.1) is 0 Å². The van der Waals surface area contributed by atoms with Gasteiger partial charge in [0, 0.05) is 19.7 Å². The van der Waals surface area contributed by atoms with E-state index in [-0.39, 0.29) is 0 Å². The van der Waals surface area contributed by atoms with E-state index >= 15 is 0 Å². The van der Waals surface area contributed by atoms with Gasteiger partial charge in [0.1, 0.15) is 22.9 Å². The number of aryl methyl sites for hydroxylation is 1. The van der Waals surface area contributed by atoms with Crippen LogP contribution < -0.4 is 19.3 Å². The van der Waals surface area contributed by atoms with Crippen molar-refractivity contribution in [1.82, 2.24) is 0 Å². The Hall–Kier alpha value is -4.70. The van der Waals surface area contributed by atoms with Crippen LogP contribution in [0.1, 0.15) is 5.56 Å². The Kier molecular flexibility index (Phi) is 5.78. The molecule has 1 aliphatic rings. The minimum Gasteiger partial charge on any atom is -0.457 e. The summed E-state index contributed by atoms with van der Waals surface area (Å²) in [5.74, 6) is 3.29. The summed E-state index contributed by atoms with van der Waals surface area (Å²) in [6.07, 6.45) is 0. The molecular weight excluding hydrogens is 456 g/mol. The van der Waals surface area contributed by atoms with Crippen molar-refractivity contribution in [2.45, 2.75) is 6.92 Å². The van der Waals surface area contributed by atoms with Crippen molar-refractivity contribution in [1.29, 1.82) is 0 Å². The fraction of sp³-hybridized carbons (Fsp3) is 0.0909. The Morgan fingerprint density at radius 3 is 1.84 bits per heavy atom. The largest absolute Gasteiger partial charge is 0.457 e. The molecule has 0 saturated carbocycles. The normalized spacial score (nSPS) is 12.1. The maximum atomic E-state index is 6.40. The summed E-state index contributed by atoms with van der Waals surface area (Å²) in [5.41, 5.74) is 7.67. The molecule has 4 heteroatoms. The average molecular weight is 485 g/mol. The van der Waals surface area contributed by atoms with E-state index in [1.54, 1.807) is 0 Å². The molecule has 0 saturated heterocycles. The predicted molar refractivity (Wildman–Crippen MR) is 152 cm³/mol. The van der Waals surface area contributed by atoms with Crippen molar-refractivity contribution >= 4 is 22.7 Å². The predicted octanol–water partition coefficient (Wildman–Crippen LogP) is 9.10. The second kappa shape index (κ2) is 9.40. The van der Waals surface area contributed by atoms with Crippen molar-refractivity contribution in [2.75, 3.05) is 23.9 Å². The molecule has 5 aromatic carbocycles. The van der Waals surface area contributed by atoms with Crippen LogP contribution in [-0.2, 0) is 0 Å². The van der Waals surface area contributed by atoms with E-state index in [0.717, 1.165) is 62.4 Å². The van der Waals surface area contributed by atoms with Crippen LogP contribution in [0.3, 0.4) is 0 Å². The number of hydrogen-bond donors (Lipinski definition) is 0. The first-order valence-electron chi connectivity index (χ1n) is 12.4. The second-order valence-electron chi connectivity index (χ2n) is 9.28. The zero-order valence-electron chi connectivity index (χ0n) is 21.2. The van der Waals surface area contributed by atoms with Crippen LogP contribution in [-0.4, -0.2) is 14.1 Å². The molecule has 0 amide bonds. The minimum atomic E-state index is 0.816. The summed E-state index contributed by atoms with van der Waals surface area (Å²) in [5, 5.41) is 0. The summed E-state index contributed by atoms with van der Waals surface area (Å²) in [6, 6.07) is 38.9. The van der Waals surface area contributed by atoms with Crippen LogP contribution >= 0.6 is 0 Å². The van der Waals surface area contributed by atoms with Gasteiger partial charge in [0.05, 0.1) is 17.1 Å². The highest BCUT2D eigenvalue weighted by Crippen LogP contribution is 2.52. The molecule has 182 valence electrons. The molecule has 0 spiro atoms. The number of nitrogens with zero attached hydrogens (tertiary/aromatic N) is 2. The molecule has 0 fully saturated rings. The van der Waals surface area contributed by atoms with Crippen LogP contribution in [0.25, 0.3) is 11.1 Å². The van der Waals surface area contributed by atoms with Crippen LogP contribution in [0, 0.1) is 6.92 Å². The van der Waals surface area contributed by atoms with Crippen LogP contribution in [0.2, 0.25) is 0 Å². The molecule has 1 heterocycles. The molecule has 0 radical (unpaired) electrons. The molecule has 0 atom stereocenters. The van der Waals surface area contributed by atoms with Gasteiger partial charge in [-0.3, -0.25) is 0 Å². The quantitative estimate of drug-likeness (QED) is 0.248. The van der Waals surface area contributed by atoms with E-state index < -0.39 is 0 Å². The third kappa shape index (κ3) is 4.27. The van der Waals surface area contributed by atoms with Crippen molar-refractivity contribution in [3.05, 3.63) is 121 Å². The molecule has 0 aromatic heterocycles. The standard InChI is InChI=1S/C33H28N2O2/c1-23-20-30-33(32(21-23)37-26-14-8-5-9-15-26)35(3)29-22-24(18-19-28(29)34(30)2)27-16-10-11-17-31(27)36-25-12-6-4-7-13-25/h4-22H,1-3H3. The number of ether oxygens (including phenoxy) is 2. The molecule has 0 bridgehead atoms. The number of benzene rings is 5. The zero-order chi connectivity index (χ0) is 25.4. The van der Waals surface area contributed by atoms with Gasteiger partial charge in [-0.25, -0.2) is 0 Å². The van der Waals surface area contributed by atoms with Gasteiger partial charge >= 0.3 is 0 Å². The van der Waals surface area contributed by atoms with Crippen molar-refractivity contribution < 1.29 is 9.47 Å². The lowest BCUT2D eigenvalue weighted by molar-refractivity contribution is 0.483. The lowest BCUT2D eigenvalue weighted by Gasteiger charge is -2.38. The first-order valence-corrected chi connectivity index (χ1v) is 12.4. The van der Waals surface area contributed by atoms with Crippen LogP contribution in [0.4, 0.5) is 22.7 Å². The van der Waals surface area contributed by atoms with Crippen molar-refractivity contribution in [3.8, 4) is 34.1 Å². The number of hydrogen-bond acceptors (Lipinski definition) is 4. The Balaban J connectivity index is 1.42. The second-order valence-corrected chi connectivity index (χ2v) is 9.28. The van der Waals surface area contributed by atoms with E-state index in [2.05, 4.69) is 67.2 Å². The Bertz CT molecular complexity index is 1560. The summed E-state index contributed by atoms with van der Waals surface area (Å²) in [6.45, 7) is 2.11. The molecule has 1 aliphatic heterocycles. The third-order valence-electron chi connectivity index (χ3n) is 6.73. The maximum Gasteiger partial charge on any atom is 0.153 e. The monoisotopic (exact) mass is 484 g/mol. The van der Waals surface area contributed by atoms with Gasteiger partial charge in [0.25, 0.3) is 0 Å². The van der Waals surface area contributed by atoms with Crippen molar-refractivity contribution in [3.63, 3.8) is 0 Å². The summed E-state index contributed by atoms with van der Waals surface area (Å²) >= 11 is 0. The fourth-order valence-electron chi connectivity index (χ4n) is 4.92. The Labute approximate surface area is 217 Å². The SMILES string of the molecule is Cc1cc(Oc2ccccc2)c2c(c1)N(C)c1ccc(-c3ccccc3Oc3ccccc3)cc1N2C. The van der Waals surface area contributed by atoms with Crippen LogP contribution in [0.15, 0.2) is 115 Å². The molecule has 0 unspecified atom stereocenters. The Morgan fingerprint density at radius 1 is 0.514 bits per heavy atom. The van der Waals surface area contributed by atoms with Crippen molar-refractivity contribution in [2.24, 2.45) is 0 Å². The van der Waals surface area contributed by atoms with Gasteiger partial charge in [-0.2, -0.15) is 0 Å². The minimum absolute atomic E-state index is 0.816. The summed E-state index contributed by atoms with van der Waals surface area (Å²) in [7, 11) is 4.22. The summed E-state index contributed by atoms with van der Waals surface area (Å²) in [4.78, 5) is 4.47. The first kappa shape index (κ1) is 22.7. The van der Waals surface area contributed by atoms with Crippen LogP contribution in [0.5, 0.6) is 23.0 Å². The van der Waals surface area contributed by atoms with E-state index in [4.69, 9.17) is 9.47 Å². The topological polar surface area (TPSA) is 24.9 Å². The first-order chi connectivity index (χ1) is 18.1. The number of fused-ring (bicyclic) bond motifs is 2. The van der Waals surface area contributed by atoms with Gasteiger partial charge in [-0.05, 0) is 72.6 Å². The molecule has 0 N–H and O–H groups in total. The highest BCUT2D eigenvalue weighted by atomic mass is 16.5. The number of rotatable bonds is 5. The van der Waals surface area contributed by atoms with E-state index in [0.29, 0.717) is 0 Å². The highest BCUT2D eigenvalue weighted by molar-refractivity contribution is 5.97. The maximum absolute atomic E-state index is 6.40. The number of para-hydroxylation sites is 3. The molecule has 4 nitrogen and oxygen atoms in total. The number of anilines is 4. The smallest absolute Gasteiger partial charge is 0.153 e. The van der Waals surface area contributed by atoms with E-state index in [1.165, 1.54) is 0 Å². The Morgan fingerprint density at radius 2 is 1.14 bits per heavy atom. The fourth-order valence-corrected chi connectivity index (χ4v) is 4.92. The lowest BCUT2D eigenvalue weighted by atomic mass is 9.99. The van der Waals surface area contributed by atoms with Gasteiger partial charge in [0.2, 0.25) is 0 Å². The highest BCUT2D eigenvalue weighted by Gasteiger charge is 2.28. The van der Waals surface area contributed by atoms with Gasteiger partial charge in [-0.1, -0.05) is 60.7 Å². The molecule has 6 rings (SSSR count). The summed E-state index contributed by atoms with van der Waals surface area (Å²) < 4.78 is 12.7. The average Bonchev–Trinajstić information content (AvgIpc) is 2.93. The molecular formula is C33H28N2O2. The lowest BCUT2D eigenvalue weighted by Crippen LogP contribution is -2.25. The molecule has 37 heavy (non-hydrogen) atoms. The van der Waals surface area contributed by atoms with Gasteiger partial charge < -0.3 is 19.3 Å². The molecule has 5 aromatic rings. The van der Waals surface area contributed by atoms with E-state index in [9.17, 15) is 0 Å². The molecule has 0 aliphatic carbocycles. The van der Waals surface area contributed by atoms with E-state index in [1.807, 2.05) is 78.9 Å². The zero-order valence-corrected chi connectivity index (χ0v) is 21.2. The van der Waals surface area contributed by atoms with Gasteiger partial charge in [0.15, 0.2) is 5.75 Å².